The number of anilines is 1. The van der Waals surface area contributed by atoms with Gasteiger partial charge in [0.15, 0.2) is 0 Å². The number of aliphatic hydroxyl groups excluding tert-OH is 1. The Hall–Kier alpha value is -2.51. The van der Waals surface area contributed by atoms with Crippen molar-refractivity contribution in [3.05, 3.63) is 53.0 Å². The van der Waals surface area contributed by atoms with E-state index < -0.39 is 12.1 Å². The normalized spacial score (nSPS) is 12.1. The number of carbonyl (C=O) groups is 1. The van der Waals surface area contributed by atoms with Gasteiger partial charge in [-0.15, -0.1) is 10.2 Å². The summed E-state index contributed by atoms with van der Waals surface area (Å²) in [7, 11) is 0. The molecule has 0 saturated carbocycles. The molecule has 2 aromatic carbocycles. The molecule has 0 aliphatic carbocycles. The first-order valence-electron chi connectivity index (χ1n) is 7.69. The van der Waals surface area contributed by atoms with E-state index in [9.17, 15) is 9.90 Å². The molecule has 6 nitrogen and oxygen atoms in total. The number of aliphatic hydroxyl groups is 1. The Labute approximate surface area is 143 Å². The van der Waals surface area contributed by atoms with Gasteiger partial charge in [-0.1, -0.05) is 54.7 Å². The van der Waals surface area contributed by atoms with Crippen LogP contribution in [0.15, 0.2) is 42.5 Å². The Balaban J connectivity index is 1.57. The second-order valence-corrected chi connectivity index (χ2v) is 6.37. The summed E-state index contributed by atoms with van der Waals surface area (Å²) in [6.45, 7) is 2.09. The average molecular weight is 342 g/mol. The topological polar surface area (TPSA) is 87.1 Å². The van der Waals surface area contributed by atoms with Crippen LogP contribution in [0.4, 0.5) is 9.93 Å². The first-order valence-corrected chi connectivity index (χ1v) is 8.51. The number of aryl methyl sites for hydroxylation is 1. The summed E-state index contributed by atoms with van der Waals surface area (Å²) in [5.41, 5.74) is 0.762. The zero-order valence-corrected chi connectivity index (χ0v) is 14.0. The molecule has 24 heavy (non-hydrogen) atoms. The first-order chi connectivity index (χ1) is 11.7. The number of urea groups is 1. The van der Waals surface area contributed by atoms with E-state index >= 15 is 0 Å². The van der Waals surface area contributed by atoms with E-state index in [4.69, 9.17) is 0 Å². The van der Waals surface area contributed by atoms with E-state index in [1.165, 1.54) is 11.3 Å². The number of nitrogens with one attached hydrogen (secondary N) is 2. The Morgan fingerprint density at radius 1 is 1.21 bits per heavy atom. The maximum atomic E-state index is 11.9. The fourth-order valence-electron chi connectivity index (χ4n) is 2.31. The van der Waals surface area contributed by atoms with Gasteiger partial charge in [-0.2, -0.15) is 0 Å². The van der Waals surface area contributed by atoms with Gasteiger partial charge in [-0.3, -0.25) is 5.32 Å². The molecule has 0 fully saturated rings. The molecule has 3 aromatic rings. The minimum Gasteiger partial charge on any atom is -0.387 e. The van der Waals surface area contributed by atoms with Gasteiger partial charge in [0, 0.05) is 6.54 Å². The third-order valence-corrected chi connectivity index (χ3v) is 4.59. The molecule has 3 rings (SSSR count). The minimum absolute atomic E-state index is 0.115. The van der Waals surface area contributed by atoms with Crippen molar-refractivity contribution < 1.29 is 9.90 Å². The van der Waals surface area contributed by atoms with Crippen LogP contribution in [0.2, 0.25) is 0 Å². The van der Waals surface area contributed by atoms with Crippen LogP contribution < -0.4 is 10.6 Å². The zero-order valence-electron chi connectivity index (χ0n) is 13.2. The molecule has 2 amide bonds. The molecule has 0 saturated heterocycles. The van der Waals surface area contributed by atoms with Crippen LogP contribution in [0.5, 0.6) is 0 Å². The van der Waals surface area contributed by atoms with Crippen LogP contribution in [0.1, 0.15) is 23.6 Å². The number of carbonyl (C=O) groups excluding carboxylic acids is 1. The predicted octanol–water partition coefficient (Wildman–Crippen LogP) is 3.11. The van der Waals surface area contributed by atoms with Crippen molar-refractivity contribution in [2.75, 3.05) is 11.9 Å². The Bertz CT molecular complexity index is 849. The van der Waals surface area contributed by atoms with Gasteiger partial charge in [0.2, 0.25) is 5.13 Å². The van der Waals surface area contributed by atoms with E-state index in [-0.39, 0.29) is 6.54 Å². The summed E-state index contributed by atoms with van der Waals surface area (Å²) in [6, 6.07) is 13.3. The highest BCUT2D eigenvalue weighted by molar-refractivity contribution is 7.15. The molecule has 1 heterocycles. The number of nitrogens with zero attached hydrogens (tertiary/aromatic N) is 2. The van der Waals surface area contributed by atoms with Gasteiger partial charge >= 0.3 is 6.03 Å². The smallest absolute Gasteiger partial charge is 0.321 e. The molecule has 0 aliphatic rings. The van der Waals surface area contributed by atoms with Gasteiger partial charge in [0.1, 0.15) is 5.01 Å². The number of aromatic nitrogens is 2. The molecule has 0 radical (unpaired) electrons. The van der Waals surface area contributed by atoms with Crippen molar-refractivity contribution in [3.8, 4) is 0 Å². The lowest BCUT2D eigenvalue weighted by atomic mass is 10.0. The highest BCUT2D eigenvalue weighted by atomic mass is 32.1. The van der Waals surface area contributed by atoms with Crippen LogP contribution in [0, 0.1) is 0 Å². The molecular formula is C17H18N4O2S. The summed E-state index contributed by atoms with van der Waals surface area (Å²) in [5, 5.41) is 26.8. The van der Waals surface area contributed by atoms with Crippen molar-refractivity contribution in [2.24, 2.45) is 0 Å². The van der Waals surface area contributed by atoms with E-state index in [1.807, 2.05) is 49.4 Å². The lowest BCUT2D eigenvalue weighted by Crippen LogP contribution is -2.32. The van der Waals surface area contributed by atoms with Crippen LogP contribution in [-0.2, 0) is 6.42 Å². The molecule has 0 aliphatic heterocycles. The maximum Gasteiger partial charge on any atom is 0.321 e. The molecule has 1 unspecified atom stereocenters. The number of hydrogen-bond donors (Lipinski definition) is 3. The maximum absolute atomic E-state index is 11.9. The van der Waals surface area contributed by atoms with Gasteiger partial charge < -0.3 is 10.4 Å². The Morgan fingerprint density at radius 3 is 2.75 bits per heavy atom. The predicted molar refractivity (Wildman–Crippen MR) is 95.2 cm³/mol. The quantitative estimate of drug-likeness (QED) is 0.665. The number of benzene rings is 2. The molecule has 1 aromatic heterocycles. The second-order valence-electron chi connectivity index (χ2n) is 5.31. The standard InChI is InChI=1S/C17H18N4O2S/c1-2-15-20-21-17(24-15)19-16(23)18-10-14(22)13-8-7-11-5-3-4-6-12(11)9-13/h3-9,14,22H,2,10H2,1H3,(H2,18,19,21,23). The van der Waals surface area contributed by atoms with E-state index in [0.717, 1.165) is 27.8 Å². The van der Waals surface area contributed by atoms with Crippen molar-refractivity contribution >= 4 is 33.3 Å². The summed E-state index contributed by atoms with van der Waals surface area (Å²) in [4.78, 5) is 11.9. The molecule has 0 spiro atoms. The lowest BCUT2D eigenvalue weighted by Gasteiger charge is -2.13. The number of fused-ring (bicyclic) bond motifs is 1. The molecule has 0 bridgehead atoms. The van der Waals surface area contributed by atoms with Crippen LogP contribution in [0.25, 0.3) is 10.8 Å². The van der Waals surface area contributed by atoms with E-state index in [1.54, 1.807) is 0 Å². The lowest BCUT2D eigenvalue weighted by molar-refractivity contribution is 0.175. The van der Waals surface area contributed by atoms with Gasteiger partial charge in [-0.25, -0.2) is 4.79 Å². The number of amides is 2. The minimum atomic E-state index is -0.777. The largest absolute Gasteiger partial charge is 0.387 e. The summed E-state index contributed by atoms with van der Waals surface area (Å²) in [6.07, 6.45) is 0.00254. The summed E-state index contributed by atoms with van der Waals surface area (Å²) in [5.74, 6) is 0. The van der Waals surface area contributed by atoms with Gasteiger partial charge in [0.05, 0.1) is 6.10 Å². The highest BCUT2D eigenvalue weighted by Crippen LogP contribution is 2.20. The van der Waals surface area contributed by atoms with Crippen molar-refractivity contribution in [3.63, 3.8) is 0 Å². The third kappa shape index (κ3) is 3.87. The van der Waals surface area contributed by atoms with E-state index in [2.05, 4.69) is 20.8 Å². The van der Waals surface area contributed by atoms with E-state index in [0.29, 0.717) is 5.13 Å². The molecule has 3 N–H and O–H groups in total. The molecular weight excluding hydrogens is 324 g/mol. The molecule has 7 heteroatoms. The number of hydrogen-bond acceptors (Lipinski definition) is 5. The Morgan fingerprint density at radius 2 is 2.00 bits per heavy atom. The summed E-state index contributed by atoms with van der Waals surface area (Å²) < 4.78 is 0. The molecule has 124 valence electrons. The van der Waals surface area contributed by atoms with Crippen molar-refractivity contribution in [1.29, 1.82) is 0 Å². The Kier molecular flexibility index (Phi) is 5.02. The van der Waals surface area contributed by atoms with Crippen LogP contribution in [-0.4, -0.2) is 27.9 Å². The first kappa shape index (κ1) is 16.4. The zero-order chi connectivity index (χ0) is 16.9. The van der Waals surface area contributed by atoms with Gasteiger partial charge in [0.25, 0.3) is 0 Å². The van der Waals surface area contributed by atoms with Crippen LogP contribution in [0.3, 0.4) is 0 Å². The second kappa shape index (κ2) is 7.37. The average Bonchev–Trinajstić information content (AvgIpc) is 3.06. The van der Waals surface area contributed by atoms with Crippen LogP contribution >= 0.6 is 11.3 Å². The fraction of sp³-hybridized carbons (Fsp3) is 0.235. The summed E-state index contributed by atoms with van der Waals surface area (Å²) >= 11 is 1.34. The molecule has 1 atom stereocenters. The van der Waals surface area contributed by atoms with Crippen molar-refractivity contribution in [2.45, 2.75) is 19.4 Å². The van der Waals surface area contributed by atoms with Crippen molar-refractivity contribution in [1.82, 2.24) is 15.5 Å². The number of rotatable bonds is 5. The third-order valence-electron chi connectivity index (χ3n) is 3.60. The monoisotopic (exact) mass is 342 g/mol. The van der Waals surface area contributed by atoms with Gasteiger partial charge in [-0.05, 0) is 28.8 Å². The highest BCUT2D eigenvalue weighted by Gasteiger charge is 2.11. The fourth-order valence-corrected chi connectivity index (χ4v) is 2.99. The SMILES string of the molecule is CCc1nnc(NC(=O)NCC(O)c2ccc3ccccc3c2)s1.